The smallest absolute Gasteiger partial charge is 0.144 e. The van der Waals surface area contributed by atoms with Gasteiger partial charge in [-0.3, -0.25) is 4.67 Å². The highest BCUT2D eigenvalue weighted by Crippen LogP contribution is 2.60. The Bertz CT molecular complexity index is 1270. The highest BCUT2D eigenvalue weighted by atomic mass is 31.2. The van der Waals surface area contributed by atoms with Gasteiger partial charge in [0.05, 0.1) is 26.9 Å². The normalized spacial score (nSPS) is 22.5. The molecule has 44 heavy (non-hydrogen) atoms. The lowest BCUT2D eigenvalue weighted by Gasteiger charge is -2.47. The van der Waals surface area contributed by atoms with Gasteiger partial charge in [-0.05, 0) is 98.5 Å². The maximum atomic E-state index is 7.72. The molecule has 2 unspecified atom stereocenters. The second-order valence-electron chi connectivity index (χ2n) is 13.8. The summed E-state index contributed by atoms with van der Waals surface area (Å²) in [7, 11) is 2.69. The van der Waals surface area contributed by atoms with Gasteiger partial charge in [-0.15, -0.1) is 0 Å². The Morgan fingerprint density at radius 3 is 1.66 bits per heavy atom. The third-order valence-corrected chi connectivity index (χ3v) is 12.1. The molecule has 0 amide bonds. The van der Waals surface area contributed by atoms with Gasteiger partial charge in [0.2, 0.25) is 0 Å². The molecule has 0 spiro atoms. The standard InChI is InChI=1S/C38H54NO4P/c1-27(2)39(28(3)4)44(11)42-26-37(8)25-29(5)35(36(37,6)7)43-38(30-15-13-12-14-16-30,31-17-21-33(40-9)22-18-31)32-19-23-34(41-10)24-20-32/h12-24,27-29,35H,25-26H2,1-11H3/t29-,35-,37?,44?/m1/s1. The molecule has 0 radical (unpaired) electrons. The van der Waals surface area contributed by atoms with Crippen LogP contribution in [0.15, 0.2) is 78.9 Å². The quantitative estimate of drug-likeness (QED) is 0.141. The summed E-state index contributed by atoms with van der Waals surface area (Å²) < 4.78 is 28.1. The molecule has 1 saturated carbocycles. The van der Waals surface area contributed by atoms with Gasteiger partial charge in [0, 0.05) is 12.1 Å². The second kappa shape index (κ2) is 13.9. The summed E-state index contributed by atoms with van der Waals surface area (Å²) in [6, 6.07) is 28.2. The Kier molecular flexibility index (Phi) is 10.9. The van der Waals surface area contributed by atoms with Gasteiger partial charge in [-0.2, -0.15) is 0 Å². The van der Waals surface area contributed by atoms with Crippen LogP contribution < -0.4 is 9.47 Å². The van der Waals surface area contributed by atoms with Gasteiger partial charge >= 0.3 is 0 Å². The summed E-state index contributed by atoms with van der Waals surface area (Å²) in [5, 5.41) is 0. The maximum absolute atomic E-state index is 7.72. The van der Waals surface area contributed by atoms with E-state index in [-0.39, 0.29) is 16.9 Å². The van der Waals surface area contributed by atoms with E-state index in [1.54, 1.807) is 14.2 Å². The van der Waals surface area contributed by atoms with Crippen molar-refractivity contribution >= 4 is 8.30 Å². The Hall–Kier alpha value is -2.43. The molecule has 0 saturated heterocycles. The van der Waals surface area contributed by atoms with Crippen molar-refractivity contribution in [3.8, 4) is 11.5 Å². The molecule has 1 aliphatic rings. The summed E-state index contributed by atoms with van der Waals surface area (Å²) >= 11 is 0. The van der Waals surface area contributed by atoms with Crippen LogP contribution in [-0.2, 0) is 14.9 Å². The van der Waals surface area contributed by atoms with Crippen LogP contribution in [0, 0.1) is 16.7 Å². The number of methoxy groups -OCH3 is 2. The van der Waals surface area contributed by atoms with E-state index >= 15 is 0 Å². The summed E-state index contributed by atoms with van der Waals surface area (Å²) in [5.74, 6) is 1.95. The first kappa shape index (κ1) is 34.4. The number of benzene rings is 3. The molecule has 3 aromatic carbocycles. The summed E-state index contributed by atoms with van der Waals surface area (Å²) in [4.78, 5) is 0. The number of nitrogens with zero attached hydrogens (tertiary/aromatic N) is 1. The molecule has 0 aromatic heterocycles. The van der Waals surface area contributed by atoms with Crippen molar-refractivity contribution in [2.24, 2.45) is 16.7 Å². The minimum Gasteiger partial charge on any atom is -0.497 e. The third-order valence-electron chi connectivity index (χ3n) is 9.99. The van der Waals surface area contributed by atoms with Crippen LogP contribution >= 0.6 is 8.30 Å². The van der Waals surface area contributed by atoms with Crippen LogP contribution in [0.4, 0.5) is 0 Å². The van der Waals surface area contributed by atoms with Crippen molar-refractivity contribution < 1.29 is 18.7 Å². The summed E-state index contributed by atoms with van der Waals surface area (Å²) in [5.41, 5.74) is 2.10. The number of hydrogen-bond acceptors (Lipinski definition) is 5. The molecule has 0 aliphatic heterocycles. The molecule has 4 rings (SSSR count). The van der Waals surface area contributed by atoms with Crippen LogP contribution in [0.5, 0.6) is 11.5 Å². The second-order valence-corrected chi connectivity index (χ2v) is 15.5. The lowest BCUT2D eigenvalue weighted by Crippen LogP contribution is -2.47. The molecule has 240 valence electrons. The molecule has 4 atom stereocenters. The lowest BCUT2D eigenvalue weighted by molar-refractivity contribution is -0.123. The zero-order valence-electron chi connectivity index (χ0n) is 28.8. The minimum atomic E-state index is -0.856. The first-order valence-corrected chi connectivity index (χ1v) is 17.6. The Morgan fingerprint density at radius 1 is 0.773 bits per heavy atom. The van der Waals surface area contributed by atoms with Crippen LogP contribution in [0.25, 0.3) is 0 Å². The van der Waals surface area contributed by atoms with E-state index in [1.807, 2.05) is 24.3 Å². The fraction of sp³-hybridized carbons (Fsp3) is 0.526. The largest absolute Gasteiger partial charge is 0.497 e. The molecule has 1 fully saturated rings. The Labute approximate surface area is 268 Å². The fourth-order valence-electron chi connectivity index (χ4n) is 7.41. The zero-order valence-corrected chi connectivity index (χ0v) is 29.7. The van der Waals surface area contributed by atoms with Crippen LogP contribution in [0.2, 0.25) is 0 Å². The first-order chi connectivity index (χ1) is 20.8. The van der Waals surface area contributed by atoms with Gasteiger partial charge in [-0.1, -0.05) is 82.3 Å². The van der Waals surface area contributed by atoms with E-state index < -0.39 is 13.9 Å². The van der Waals surface area contributed by atoms with E-state index in [2.05, 4.69) is 121 Å². The highest BCUT2D eigenvalue weighted by Gasteiger charge is 2.58. The van der Waals surface area contributed by atoms with E-state index in [0.717, 1.165) is 34.6 Å². The van der Waals surface area contributed by atoms with Gasteiger partial charge in [0.1, 0.15) is 25.4 Å². The molecule has 3 aromatic rings. The van der Waals surface area contributed by atoms with Gasteiger partial charge in [-0.25, -0.2) is 0 Å². The van der Waals surface area contributed by atoms with Gasteiger partial charge < -0.3 is 18.7 Å². The number of hydrogen-bond donors (Lipinski definition) is 0. The van der Waals surface area contributed by atoms with Crippen molar-refractivity contribution in [2.75, 3.05) is 27.5 Å². The van der Waals surface area contributed by atoms with Crippen LogP contribution in [0.3, 0.4) is 0 Å². The monoisotopic (exact) mass is 619 g/mol. The van der Waals surface area contributed by atoms with E-state index in [0.29, 0.717) is 24.6 Å². The zero-order chi connectivity index (χ0) is 32.3. The van der Waals surface area contributed by atoms with Crippen LogP contribution in [-0.4, -0.2) is 50.3 Å². The van der Waals surface area contributed by atoms with Crippen molar-refractivity contribution in [3.05, 3.63) is 95.6 Å². The summed E-state index contributed by atoms with van der Waals surface area (Å²) in [6.07, 6.45) is 0.975. The highest BCUT2D eigenvalue weighted by molar-refractivity contribution is 7.49. The Balaban J connectivity index is 1.80. The van der Waals surface area contributed by atoms with E-state index in [9.17, 15) is 0 Å². The number of rotatable bonds is 13. The SMILES string of the molecule is COc1ccc(C(O[C@@H]2[C@H](C)CC(C)(COP(C)N(C(C)C)C(C)C)C2(C)C)(c2ccccc2)c2ccc(OC)cc2)cc1. The van der Waals surface area contributed by atoms with Crippen molar-refractivity contribution in [3.63, 3.8) is 0 Å². The third kappa shape index (κ3) is 6.58. The Morgan fingerprint density at radius 2 is 1.23 bits per heavy atom. The topological polar surface area (TPSA) is 40.2 Å². The van der Waals surface area contributed by atoms with Crippen LogP contribution in [0.1, 0.15) is 78.5 Å². The minimum absolute atomic E-state index is 0.0464. The molecular formula is C38H54NO4P. The first-order valence-electron chi connectivity index (χ1n) is 16.0. The van der Waals surface area contributed by atoms with Gasteiger partial charge in [0.15, 0.2) is 0 Å². The fourth-order valence-corrected chi connectivity index (χ4v) is 9.32. The maximum Gasteiger partial charge on any atom is 0.144 e. The van der Waals surface area contributed by atoms with E-state index in [1.165, 1.54) is 0 Å². The summed E-state index contributed by atoms with van der Waals surface area (Å²) in [6.45, 7) is 21.5. The molecule has 5 nitrogen and oxygen atoms in total. The molecule has 0 bridgehead atoms. The molecule has 0 N–H and O–H groups in total. The lowest BCUT2D eigenvalue weighted by atomic mass is 9.68. The van der Waals surface area contributed by atoms with Gasteiger partial charge in [0.25, 0.3) is 0 Å². The molecule has 6 heteroatoms. The predicted molar refractivity (Wildman–Crippen MR) is 184 cm³/mol. The molecular weight excluding hydrogens is 565 g/mol. The number of ether oxygens (including phenoxy) is 3. The predicted octanol–water partition coefficient (Wildman–Crippen LogP) is 9.53. The average molecular weight is 620 g/mol. The van der Waals surface area contributed by atoms with Crippen molar-refractivity contribution in [1.82, 2.24) is 4.67 Å². The molecule has 0 heterocycles. The van der Waals surface area contributed by atoms with Crippen molar-refractivity contribution in [2.45, 2.75) is 85.6 Å². The van der Waals surface area contributed by atoms with Crippen molar-refractivity contribution in [1.29, 1.82) is 0 Å². The van der Waals surface area contributed by atoms with E-state index in [4.69, 9.17) is 18.7 Å². The molecule has 1 aliphatic carbocycles. The average Bonchev–Trinajstić information content (AvgIpc) is 3.17.